The van der Waals surface area contributed by atoms with Gasteiger partial charge >= 0.3 is 0 Å². The number of aliphatic hydroxyl groups is 1. The minimum absolute atomic E-state index is 0. The number of hydrogen-bond acceptors (Lipinski definition) is 3. The summed E-state index contributed by atoms with van der Waals surface area (Å²) in [6.07, 6.45) is 2.93. The van der Waals surface area contributed by atoms with Crippen LogP contribution in [0, 0.1) is 11.9 Å². The fourth-order valence-corrected chi connectivity index (χ4v) is 2.19. The number of hydrogen-bond donors (Lipinski definition) is 1. The van der Waals surface area contributed by atoms with Gasteiger partial charge in [-0.3, -0.25) is 14.2 Å². The molecule has 0 amide bonds. The number of halogens is 1. The first-order valence-corrected chi connectivity index (χ1v) is 7.36. The summed E-state index contributed by atoms with van der Waals surface area (Å²) in [6.45, 7) is 2.85. The number of nitrogens with zero attached hydrogens (tertiary/aromatic N) is 1. The Morgan fingerprint density at radius 1 is 1.16 bits per heavy atom. The van der Waals surface area contributed by atoms with Crippen molar-refractivity contribution < 1.29 is 34.4 Å². The van der Waals surface area contributed by atoms with E-state index in [2.05, 4.69) is 11.1 Å². The quantitative estimate of drug-likeness (QED) is 0.302. The number of fused-ring (bicyclic) bond motifs is 1. The van der Waals surface area contributed by atoms with Gasteiger partial charge in [0, 0.05) is 43.7 Å². The van der Waals surface area contributed by atoms with Gasteiger partial charge < -0.3 is 5.11 Å². The molecule has 0 aliphatic rings. The average molecular weight is 515 g/mol. The van der Waals surface area contributed by atoms with Gasteiger partial charge in [0.1, 0.15) is 0 Å². The second kappa shape index (κ2) is 9.82. The normalized spacial score (nSPS) is 10.4. The van der Waals surface area contributed by atoms with Crippen LogP contribution in [0.1, 0.15) is 13.8 Å². The molecule has 3 nitrogen and oxygen atoms in total. The predicted molar refractivity (Wildman–Crippen MR) is 93.0 cm³/mol. The number of benzene rings is 2. The Morgan fingerprint density at radius 2 is 1.88 bits per heavy atom. The van der Waals surface area contributed by atoms with E-state index in [0.29, 0.717) is 0 Å². The van der Waals surface area contributed by atoms with Crippen LogP contribution in [0.4, 0.5) is 4.39 Å². The van der Waals surface area contributed by atoms with E-state index >= 15 is 0 Å². The molecule has 5 heteroatoms. The van der Waals surface area contributed by atoms with Crippen LogP contribution in [0.15, 0.2) is 66.6 Å². The average Bonchev–Trinajstić information content (AvgIpc) is 2.54. The van der Waals surface area contributed by atoms with E-state index in [-0.39, 0.29) is 37.5 Å². The van der Waals surface area contributed by atoms with Crippen LogP contribution in [-0.2, 0) is 24.9 Å². The zero-order chi connectivity index (χ0) is 17.5. The molecule has 131 valence electrons. The maximum Gasteiger partial charge on any atom is 0.155 e. The van der Waals surface area contributed by atoms with Crippen LogP contribution in [-0.4, -0.2) is 15.9 Å². The van der Waals surface area contributed by atoms with Gasteiger partial charge in [-0.15, -0.1) is 29.8 Å². The molecule has 0 saturated carbocycles. The van der Waals surface area contributed by atoms with Crippen molar-refractivity contribution in [2.75, 3.05) is 0 Å². The van der Waals surface area contributed by atoms with Gasteiger partial charge in [0.25, 0.3) is 0 Å². The van der Waals surface area contributed by atoms with E-state index < -0.39 is 0 Å². The molecule has 2 aromatic carbocycles. The van der Waals surface area contributed by atoms with Crippen molar-refractivity contribution in [2.45, 2.75) is 13.8 Å². The first kappa shape index (κ1) is 20.7. The topological polar surface area (TPSA) is 50.2 Å². The van der Waals surface area contributed by atoms with Crippen LogP contribution in [0.25, 0.3) is 22.0 Å². The van der Waals surface area contributed by atoms with Gasteiger partial charge in [-0.1, -0.05) is 29.8 Å². The largest absolute Gasteiger partial charge is 0.512 e. The minimum atomic E-state index is -0.276. The van der Waals surface area contributed by atoms with Crippen molar-refractivity contribution in [1.82, 2.24) is 4.98 Å². The Balaban J connectivity index is 0.000000339. The van der Waals surface area contributed by atoms with E-state index in [0.717, 1.165) is 22.0 Å². The molecule has 0 atom stereocenters. The molecule has 1 heterocycles. The van der Waals surface area contributed by atoms with Crippen LogP contribution >= 0.6 is 0 Å². The van der Waals surface area contributed by atoms with E-state index in [1.165, 1.54) is 32.1 Å². The van der Waals surface area contributed by atoms with Crippen LogP contribution in [0.3, 0.4) is 0 Å². The first-order chi connectivity index (χ1) is 11.5. The number of aromatic nitrogens is 1. The van der Waals surface area contributed by atoms with Gasteiger partial charge in [0.2, 0.25) is 0 Å². The van der Waals surface area contributed by atoms with Gasteiger partial charge in [-0.05, 0) is 25.3 Å². The molecule has 1 N–H and O–H groups in total. The van der Waals surface area contributed by atoms with Crippen molar-refractivity contribution in [3.05, 3.63) is 78.4 Å². The van der Waals surface area contributed by atoms with Gasteiger partial charge in [-0.25, -0.2) is 0 Å². The monoisotopic (exact) mass is 515 g/mol. The van der Waals surface area contributed by atoms with Crippen molar-refractivity contribution in [3.63, 3.8) is 0 Å². The Hall–Kier alpha value is -2.36. The molecule has 0 saturated heterocycles. The summed E-state index contributed by atoms with van der Waals surface area (Å²) >= 11 is 0. The molecule has 3 aromatic rings. The molecule has 0 spiro atoms. The molecule has 0 bridgehead atoms. The number of aliphatic hydroxyl groups excluding tert-OH is 1. The van der Waals surface area contributed by atoms with Crippen molar-refractivity contribution in [3.8, 4) is 11.1 Å². The summed E-state index contributed by atoms with van der Waals surface area (Å²) < 4.78 is 12.9. The van der Waals surface area contributed by atoms with Gasteiger partial charge in [0.05, 0.1) is 5.76 Å². The first-order valence-electron chi connectivity index (χ1n) is 7.36. The third kappa shape index (κ3) is 6.22. The summed E-state index contributed by atoms with van der Waals surface area (Å²) in [7, 11) is 0. The number of carbonyl (C=O) groups excluding carboxylic acids is 1. The number of pyridine rings is 1. The van der Waals surface area contributed by atoms with Gasteiger partial charge in [0.15, 0.2) is 5.78 Å². The molecule has 1 aromatic heterocycles. The van der Waals surface area contributed by atoms with E-state index in [1.807, 2.05) is 30.3 Å². The van der Waals surface area contributed by atoms with Gasteiger partial charge in [-0.2, -0.15) is 0 Å². The minimum Gasteiger partial charge on any atom is -0.512 e. The van der Waals surface area contributed by atoms with Crippen molar-refractivity contribution in [2.24, 2.45) is 0 Å². The Morgan fingerprint density at radius 3 is 2.44 bits per heavy atom. The third-order valence-corrected chi connectivity index (χ3v) is 3.11. The summed E-state index contributed by atoms with van der Waals surface area (Å²) in [5, 5.41) is 9.44. The Labute approximate surface area is 159 Å². The van der Waals surface area contributed by atoms with Crippen LogP contribution in [0.5, 0.6) is 0 Å². The molecule has 0 aliphatic carbocycles. The van der Waals surface area contributed by atoms with Crippen LogP contribution < -0.4 is 0 Å². The number of ketones is 1. The standard InChI is InChI=1S/C15H9FN.C5H8O2.Ir/c16-13-8-6-11(7-9-13)14-5-1-3-12-4-2-10-17-15(12)14;1-4(6)3-5(2)7;/h1-6,8-10H;3,6H,1-2H3;/q-1;;/b;4-3-;. The molecule has 0 fully saturated rings. The Kier molecular flexibility index (Phi) is 8.12. The molecular weight excluding hydrogens is 497 g/mol. The fraction of sp³-hybridized carbons (Fsp3) is 0.100. The second-order valence-electron chi connectivity index (χ2n) is 5.20. The maximum absolute atomic E-state index is 12.9. The molecule has 0 unspecified atom stereocenters. The third-order valence-electron chi connectivity index (χ3n) is 3.11. The smallest absolute Gasteiger partial charge is 0.155 e. The summed E-state index contributed by atoms with van der Waals surface area (Å²) in [4.78, 5) is 14.4. The number of carbonyl (C=O) groups is 1. The summed E-state index contributed by atoms with van der Waals surface area (Å²) in [5.41, 5.74) is 2.75. The number of para-hydroxylation sites is 1. The SMILES string of the molecule is CC(=O)/C=C(/C)O.Fc1c[c-]c(-c2cccc3cccnc23)cc1.[Ir]. The zero-order valence-electron chi connectivity index (χ0n) is 13.8. The maximum atomic E-state index is 12.9. The van der Waals surface area contributed by atoms with E-state index in [9.17, 15) is 9.18 Å². The zero-order valence-corrected chi connectivity index (χ0v) is 16.2. The molecule has 3 rings (SSSR count). The number of allylic oxidation sites excluding steroid dienone is 2. The summed E-state index contributed by atoms with van der Waals surface area (Å²) in [5.74, 6) is -0.338. The van der Waals surface area contributed by atoms with Crippen LogP contribution in [0.2, 0.25) is 0 Å². The second-order valence-corrected chi connectivity index (χ2v) is 5.20. The molecule has 1 radical (unpaired) electrons. The van der Waals surface area contributed by atoms with Crippen molar-refractivity contribution >= 4 is 16.7 Å². The van der Waals surface area contributed by atoms with E-state index in [4.69, 9.17) is 5.11 Å². The molecular formula is C20H17FIrNO2-. The molecule has 0 aliphatic heterocycles. The fourth-order valence-electron chi connectivity index (χ4n) is 2.19. The molecule has 25 heavy (non-hydrogen) atoms. The van der Waals surface area contributed by atoms with E-state index in [1.54, 1.807) is 12.3 Å². The summed E-state index contributed by atoms with van der Waals surface area (Å²) in [6, 6.07) is 17.3. The predicted octanol–water partition coefficient (Wildman–Crippen LogP) is 4.88. The number of rotatable bonds is 2. The van der Waals surface area contributed by atoms with Crippen molar-refractivity contribution in [1.29, 1.82) is 0 Å². The Bertz CT molecular complexity index is 867.